The lowest BCUT2D eigenvalue weighted by Crippen LogP contribution is -2.33. The molecule has 0 aliphatic heterocycles. The standard InChI is InChI=1S/C5H10O2/c6-3-4-1-2-5(4)7/h4-7H,1-3H2/t4-,5-/m0/s1. The van der Waals surface area contributed by atoms with Crippen LogP contribution in [0.25, 0.3) is 0 Å². The van der Waals surface area contributed by atoms with Gasteiger partial charge in [0.15, 0.2) is 0 Å². The highest BCUT2D eigenvalue weighted by atomic mass is 16.3. The molecule has 2 atom stereocenters. The molecular weight excluding hydrogens is 92.1 g/mol. The molecular formula is C5H10O2. The van der Waals surface area contributed by atoms with Crippen LogP contribution in [0.5, 0.6) is 0 Å². The van der Waals surface area contributed by atoms with Crippen LogP contribution in [0.2, 0.25) is 0 Å². The first-order valence-corrected chi connectivity index (χ1v) is 2.63. The number of hydrogen-bond acceptors (Lipinski definition) is 2. The van der Waals surface area contributed by atoms with E-state index in [1.807, 2.05) is 0 Å². The molecule has 0 bridgehead atoms. The molecule has 0 saturated heterocycles. The van der Waals surface area contributed by atoms with Crippen LogP contribution in [-0.2, 0) is 0 Å². The Bertz CT molecular complexity index is 61.1. The maximum Gasteiger partial charge on any atom is 0.0590 e. The number of hydrogen-bond donors (Lipinski definition) is 2. The van der Waals surface area contributed by atoms with Gasteiger partial charge in [-0.15, -0.1) is 0 Å². The Kier molecular flexibility index (Phi) is 1.30. The third kappa shape index (κ3) is 0.763. The van der Waals surface area contributed by atoms with E-state index in [9.17, 15) is 0 Å². The van der Waals surface area contributed by atoms with E-state index in [1.165, 1.54) is 0 Å². The van der Waals surface area contributed by atoms with Crippen molar-refractivity contribution in [2.24, 2.45) is 5.92 Å². The molecule has 1 saturated carbocycles. The second kappa shape index (κ2) is 1.80. The largest absolute Gasteiger partial charge is 0.396 e. The number of aliphatic hydroxyl groups excluding tert-OH is 2. The summed E-state index contributed by atoms with van der Waals surface area (Å²) in [5, 5.41) is 17.1. The molecule has 1 rings (SSSR count). The van der Waals surface area contributed by atoms with Gasteiger partial charge in [0, 0.05) is 12.5 Å². The van der Waals surface area contributed by atoms with Crippen molar-refractivity contribution in [1.29, 1.82) is 0 Å². The molecule has 0 amide bonds. The molecule has 1 aliphatic carbocycles. The summed E-state index contributed by atoms with van der Waals surface area (Å²) in [6, 6.07) is 0. The summed E-state index contributed by atoms with van der Waals surface area (Å²) >= 11 is 0. The minimum atomic E-state index is -0.204. The highest BCUT2D eigenvalue weighted by Gasteiger charge is 2.27. The molecule has 1 aliphatic rings. The lowest BCUT2D eigenvalue weighted by atomic mass is 9.83. The lowest BCUT2D eigenvalue weighted by Gasteiger charge is -2.30. The smallest absolute Gasteiger partial charge is 0.0590 e. The molecule has 2 heteroatoms. The average Bonchev–Trinajstić information content (AvgIpc) is 1.65. The molecule has 0 heterocycles. The molecule has 1 fully saturated rings. The van der Waals surface area contributed by atoms with E-state index in [1.54, 1.807) is 0 Å². The zero-order valence-corrected chi connectivity index (χ0v) is 4.17. The van der Waals surface area contributed by atoms with Crippen LogP contribution < -0.4 is 0 Å². The topological polar surface area (TPSA) is 40.5 Å². The van der Waals surface area contributed by atoms with Gasteiger partial charge in [0.05, 0.1) is 6.10 Å². The summed E-state index contributed by atoms with van der Waals surface area (Å²) < 4.78 is 0. The monoisotopic (exact) mass is 102 g/mol. The van der Waals surface area contributed by atoms with Gasteiger partial charge < -0.3 is 10.2 Å². The fraction of sp³-hybridized carbons (Fsp3) is 1.00. The van der Waals surface area contributed by atoms with E-state index < -0.39 is 0 Å². The average molecular weight is 102 g/mol. The van der Waals surface area contributed by atoms with Crippen molar-refractivity contribution in [3.05, 3.63) is 0 Å². The molecule has 2 N–H and O–H groups in total. The Morgan fingerprint density at radius 2 is 2.14 bits per heavy atom. The number of aliphatic hydroxyl groups is 2. The van der Waals surface area contributed by atoms with Gasteiger partial charge in [-0.3, -0.25) is 0 Å². The van der Waals surface area contributed by atoms with Gasteiger partial charge in [0.1, 0.15) is 0 Å². The summed E-state index contributed by atoms with van der Waals surface area (Å²) in [5.41, 5.74) is 0. The maximum absolute atomic E-state index is 8.75. The fourth-order valence-corrected chi connectivity index (χ4v) is 0.764. The Balaban J connectivity index is 2.16. The quantitative estimate of drug-likeness (QED) is 0.479. The van der Waals surface area contributed by atoms with Gasteiger partial charge in [0.2, 0.25) is 0 Å². The maximum atomic E-state index is 8.75. The van der Waals surface area contributed by atoms with Crippen molar-refractivity contribution in [1.82, 2.24) is 0 Å². The third-order valence-electron chi connectivity index (χ3n) is 1.61. The van der Waals surface area contributed by atoms with Crippen LogP contribution >= 0.6 is 0 Å². The first kappa shape index (κ1) is 5.06. The minimum Gasteiger partial charge on any atom is -0.396 e. The Morgan fingerprint density at radius 3 is 2.14 bits per heavy atom. The molecule has 0 radical (unpaired) electrons. The van der Waals surface area contributed by atoms with Crippen molar-refractivity contribution >= 4 is 0 Å². The van der Waals surface area contributed by atoms with Gasteiger partial charge >= 0.3 is 0 Å². The molecule has 7 heavy (non-hydrogen) atoms. The Morgan fingerprint density at radius 1 is 1.43 bits per heavy atom. The third-order valence-corrected chi connectivity index (χ3v) is 1.61. The van der Waals surface area contributed by atoms with Crippen LogP contribution in [0.4, 0.5) is 0 Å². The highest BCUT2D eigenvalue weighted by molar-refractivity contribution is 4.78. The van der Waals surface area contributed by atoms with E-state index in [4.69, 9.17) is 10.2 Å². The molecule has 0 aromatic heterocycles. The Hall–Kier alpha value is -0.0800. The van der Waals surface area contributed by atoms with Gasteiger partial charge in [-0.25, -0.2) is 0 Å². The highest BCUT2D eigenvalue weighted by Crippen LogP contribution is 2.25. The fourth-order valence-electron chi connectivity index (χ4n) is 0.764. The van der Waals surface area contributed by atoms with Gasteiger partial charge in [-0.1, -0.05) is 0 Å². The van der Waals surface area contributed by atoms with Gasteiger partial charge in [-0.05, 0) is 12.8 Å². The van der Waals surface area contributed by atoms with E-state index in [0.29, 0.717) is 0 Å². The number of rotatable bonds is 1. The SMILES string of the molecule is OC[C@@H]1CC[C@@H]1O. The summed E-state index contributed by atoms with van der Waals surface area (Å²) in [6.45, 7) is 0.154. The van der Waals surface area contributed by atoms with Crippen molar-refractivity contribution < 1.29 is 10.2 Å². The van der Waals surface area contributed by atoms with Crippen LogP contribution in [-0.4, -0.2) is 22.9 Å². The zero-order chi connectivity index (χ0) is 5.28. The lowest BCUT2D eigenvalue weighted by molar-refractivity contribution is -0.00713. The van der Waals surface area contributed by atoms with Crippen molar-refractivity contribution in [2.45, 2.75) is 18.9 Å². The molecule has 0 aromatic carbocycles. The first-order chi connectivity index (χ1) is 3.34. The summed E-state index contributed by atoms with van der Waals surface area (Å²) in [6.07, 6.45) is 1.67. The normalized spacial score (nSPS) is 40.3. The van der Waals surface area contributed by atoms with Crippen molar-refractivity contribution in [2.75, 3.05) is 6.61 Å². The van der Waals surface area contributed by atoms with E-state index in [2.05, 4.69) is 0 Å². The van der Waals surface area contributed by atoms with Crippen molar-refractivity contribution in [3.63, 3.8) is 0 Å². The Labute approximate surface area is 42.8 Å². The minimum absolute atomic E-state index is 0.154. The zero-order valence-electron chi connectivity index (χ0n) is 4.17. The molecule has 0 spiro atoms. The molecule has 2 nitrogen and oxygen atoms in total. The van der Waals surface area contributed by atoms with E-state index in [-0.39, 0.29) is 18.6 Å². The van der Waals surface area contributed by atoms with Crippen LogP contribution in [0.15, 0.2) is 0 Å². The summed E-state index contributed by atoms with van der Waals surface area (Å²) in [4.78, 5) is 0. The summed E-state index contributed by atoms with van der Waals surface area (Å²) in [5.74, 6) is 0.194. The predicted molar refractivity (Wildman–Crippen MR) is 25.8 cm³/mol. The summed E-state index contributed by atoms with van der Waals surface area (Å²) in [7, 11) is 0. The second-order valence-corrected chi connectivity index (χ2v) is 2.09. The van der Waals surface area contributed by atoms with Crippen LogP contribution in [0, 0.1) is 5.92 Å². The molecule has 42 valence electrons. The first-order valence-electron chi connectivity index (χ1n) is 2.63. The van der Waals surface area contributed by atoms with Crippen LogP contribution in [0.3, 0.4) is 0 Å². The van der Waals surface area contributed by atoms with Gasteiger partial charge in [0.25, 0.3) is 0 Å². The van der Waals surface area contributed by atoms with Gasteiger partial charge in [-0.2, -0.15) is 0 Å². The molecule has 0 unspecified atom stereocenters. The molecule has 0 aromatic rings. The second-order valence-electron chi connectivity index (χ2n) is 2.09. The van der Waals surface area contributed by atoms with Crippen molar-refractivity contribution in [3.8, 4) is 0 Å². The van der Waals surface area contributed by atoms with Crippen LogP contribution in [0.1, 0.15) is 12.8 Å². The van der Waals surface area contributed by atoms with E-state index in [0.717, 1.165) is 12.8 Å². The van der Waals surface area contributed by atoms with E-state index >= 15 is 0 Å². The predicted octanol–water partition coefficient (Wildman–Crippen LogP) is -0.250.